The van der Waals surface area contributed by atoms with Crippen molar-refractivity contribution in [3.8, 4) is 0 Å². The lowest BCUT2D eigenvalue weighted by Gasteiger charge is -2.26. The molecule has 1 aromatic rings. The summed E-state index contributed by atoms with van der Waals surface area (Å²) in [5.74, 6) is 0.937. The maximum absolute atomic E-state index is 12.0. The number of rotatable bonds is 5. The molecule has 0 spiro atoms. The second kappa shape index (κ2) is 7.18. The third-order valence-electron chi connectivity index (χ3n) is 2.98. The van der Waals surface area contributed by atoms with E-state index in [1.807, 2.05) is 6.92 Å². The molecule has 106 valence electrons. The predicted octanol–water partition coefficient (Wildman–Crippen LogP) is 1.34. The Morgan fingerprint density at radius 1 is 1.58 bits per heavy atom. The summed E-state index contributed by atoms with van der Waals surface area (Å²) in [6, 6.07) is -0.505. The number of nitrogens with two attached hydrogens (primary N) is 1. The molecule has 1 aliphatic heterocycles. The molecule has 0 bridgehead atoms. The highest BCUT2D eigenvalue weighted by Crippen LogP contribution is 2.25. The van der Waals surface area contributed by atoms with Gasteiger partial charge in [-0.25, -0.2) is 0 Å². The van der Waals surface area contributed by atoms with E-state index in [-0.39, 0.29) is 11.8 Å². The molecule has 1 atom stereocenters. The average molecular weight is 302 g/mol. The fourth-order valence-corrected chi connectivity index (χ4v) is 3.57. The molecule has 2 heterocycles. The zero-order valence-corrected chi connectivity index (χ0v) is 12.4. The predicted molar refractivity (Wildman–Crippen MR) is 76.5 cm³/mol. The normalized spacial score (nSPS) is 18.2. The fraction of sp³-hybridized carbons (Fsp3) is 0.727. The van der Waals surface area contributed by atoms with Gasteiger partial charge >= 0.3 is 0 Å². The number of thioether (sulfide) groups is 1. The molecule has 2 rings (SSSR count). The van der Waals surface area contributed by atoms with Crippen molar-refractivity contribution in [2.24, 2.45) is 11.7 Å². The van der Waals surface area contributed by atoms with E-state index in [0.29, 0.717) is 18.3 Å². The van der Waals surface area contributed by atoms with Crippen molar-refractivity contribution in [2.75, 3.05) is 24.3 Å². The zero-order chi connectivity index (χ0) is 13.7. The van der Waals surface area contributed by atoms with Crippen molar-refractivity contribution >= 4 is 34.1 Å². The van der Waals surface area contributed by atoms with Crippen LogP contribution in [0.15, 0.2) is 4.34 Å². The van der Waals surface area contributed by atoms with E-state index in [1.54, 1.807) is 11.8 Å². The van der Waals surface area contributed by atoms with Gasteiger partial charge in [0.25, 0.3) is 0 Å². The summed E-state index contributed by atoms with van der Waals surface area (Å²) < 4.78 is 6.13. The lowest BCUT2D eigenvalue weighted by Crippen LogP contribution is -2.43. The SMILES string of the molecule is CCSc1nnc(NC(=O)C(N)C2CCOCC2)s1. The largest absolute Gasteiger partial charge is 0.381 e. The zero-order valence-electron chi connectivity index (χ0n) is 10.8. The first-order chi connectivity index (χ1) is 9.20. The third kappa shape index (κ3) is 4.13. The number of nitrogens with one attached hydrogen (secondary N) is 1. The van der Waals surface area contributed by atoms with Crippen molar-refractivity contribution < 1.29 is 9.53 Å². The highest BCUT2D eigenvalue weighted by molar-refractivity contribution is 8.01. The summed E-state index contributed by atoms with van der Waals surface area (Å²) >= 11 is 2.98. The fourth-order valence-electron chi connectivity index (χ4n) is 1.92. The second-order valence-electron chi connectivity index (χ2n) is 4.27. The summed E-state index contributed by atoms with van der Waals surface area (Å²) in [6.45, 7) is 3.41. The van der Waals surface area contributed by atoms with Gasteiger partial charge in [-0.05, 0) is 24.5 Å². The van der Waals surface area contributed by atoms with Crippen LogP contribution in [0.1, 0.15) is 19.8 Å². The molecule has 0 aromatic carbocycles. The molecule has 1 fully saturated rings. The quantitative estimate of drug-likeness (QED) is 0.630. The van der Waals surface area contributed by atoms with Gasteiger partial charge in [-0.3, -0.25) is 10.1 Å². The summed E-state index contributed by atoms with van der Waals surface area (Å²) in [7, 11) is 0. The van der Waals surface area contributed by atoms with Crippen LogP contribution in [0, 0.1) is 5.92 Å². The smallest absolute Gasteiger partial charge is 0.243 e. The van der Waals surface area contributed by atoms with E-state index in [4.69, 9.17) is 10.5 Å². The minimum absolute atomic E-state index is 0.184. The van der Waals surface area contributed by atoms with E-state index >= 15 is 0 Å². The van der Waals surface area contributed by atoms with Gasteiger partial charge in [0.15, 0.2) is 4.34 Å². The number of ether oxygens (including phenoxy) is 1. The van der Waals surface area contributed by atoms with E-state index in [2.05, 4.69) is 15.5 Å². The Hall–Kier alpha value is -0.700. The maximum atomic E-state index is 12.0. The van der Waals surface area contributed by atoms with Gasteiger partial charge in [-0.1, -0.05) is 30.0 Å². The summed E-state index contributed by atoms with van der Waals surface area (Å²) in [5.41, 5.74) is 5.99. The van der Waals surface area contributed by atoms with E-state index in [0.717, 1.165) is 22.9 Å². The van der Waals surface area contributed by atoms with Crippen molar-refractivity contribution in [3.05, 3.63) is 0 Å². The van der Waals surface area contributed by atoms with E-state index in [1.165, 1.54) is 11.3 Å². The Morgan fingerprint density at radius 2 is 2.32 bits per heavy atom. The van der Waals surface area contributed by atoms with Gasteiger partial charge < -0.3 is 10.5 Å². The van der Waals surface area contributed by atoms with Crippen LogP contribution in [0.5, 0.6) is 0 Å². The van der Waals surface area contributed by atoms with Crippen LogP contribution in [0.4, 0.5) is 5.13 Å². The molecule has 1 unspecified atom stereocenters. The van der Waals surface area contributed by atoms with Gasteiger partial charge in [0, 0.05) is 13.2 Å². The number of amides is 1. The molecule has 3 N–H and O–H groups in total. The Morgan fingerprint density at radius 3 is 3.00 bits per heavy atom. The van der Waals surface area contributed by atoms with E-state index < -0.39 is 6.04 Å². The standard InChI is InChI=1S/C11H18N4O2S2/c1-2-18-11-15-14-10(19-11)13-9(16)8(12)7-3-5-17-6-4-7/h7-8H,2-6,12H2,1H3,(H,13,14,16). The number of carbonyl (C=O) groups excluding carboxylic acids is 1. The molecule has 0 aliphatic carbocycles. The van der Waals surface area contributed by atoms with Gasteiger partial charge in [-0.2, -0.15) is 0 Å². The number of hydrogen-bond donors (Lipinski definition) is 2. The lowest BCUT2D eigenvalue weighted by atomic mass is 9.92. The summed E-state index contributed by atoms with van der Waals surface area (Å²) in [6.07, 6.45) is 1.67. The van der Waals surface area contributed by atoms with E-state index in [9.17, 15) is 4.79 Å². The third-order valence-corrected chi connectivity index (χ3v) is 4.84. The Bertz CT molecular complexity index is 421. The van der Waals surface area contributed by atoms with Crippen LogP contribution < -0.4 is 11.1 Å². The Labute approximate surface area is 120 Å². The first kappa shape index (κ1) is 14.7. The van der Waals surface area contributed by atoms with Crippen LogP contribution in [0.2, 0.25) is 0 Å². The minimum Gasteiger partial charge on any atom is -0.381 e. The van der Waals surface area contributed by atoms with Crippen molar-refractivity contribution in [3.63, 3.8) is 0 Å². The van der Waals surface area contributed by atoms with Crippen molar-refractivity contribution in [2.45, 2.75) is 30.1 Å². The molecule has 19 heavy (non-hydrogen) atoms. The second-order valence-corrected chi connectivity index (χ2v) is 6.76. The first-order valence-electron chi connectivity index (χ1n) is 6.31. The molecule has 8 heteroatoms. The highest BCUT2D eigenvalue weighted by atomic mass is 32.2. The van der Waals surface area contributed by atoms with Crippen LogP contribution in [0.3, 0.4) is 0 Å². The molecular formula is C11H18N4O2S2. The molecule has 1 aliphatic rings. The number of aromatic nitrogens is 2. The Balaban J connectivity index is 1.88. The van der Waals surface area contributed by atoms with Gasteiger partial charge in [-0.15, -0.1) is 10.2 Å². The van der Waals surface area contributed by atoms with Crippen LogP contribution in [-0.2, 0) is 9.53 Å². The molecule has 1 aromatic heterocycles. The highest BCUT2D eigenvalue weighted by Gasteiger charge is 2.27. The molecular weight excluding hydrogens is 284 g/mol. The van der Waals surface area contributed by atoms with Crippen molar-refractivity contribution in [1.29, 1.82) is 0 Å². The minimum atomic E-state index is -0.505. The number of anilines is 1. The summed E-state index contributed by atoms with van der Waals surface area (Å²) in [5, 5.41) is 11.2. The van der Waals surface area contributed by atoms with Crippen LogP contribution in [0.25, 0.3) is 0 Å². The van der Waals surface area contributed by atoms with Crippen LogP contribution in [-0.4, -0.2) is 41.1 Å². The summed E-state index contributed by atoms with van der Waals surface area (Å²) in [4.78, 5) is 12.0. The Kier molecular flexibility index (Phi) is 5.56. The number of hydrogen-bond acceptors (Lipinski definition) is 7. The topological polar surface area (TPSA) is 90.1 Å². The molecule has 0 radical (unpaired) electrons. The molecule has 6 nitrogen and oxygen atoms in total. The molecule has 0 saturated carbocycles. The van der Waals surface area contributed by atoms with Crippen LogP contribution >= 0.6 is 23.1 Å². The molecule has 1 saturated heterocycles. The van der Waals surface area contributed by atoms with Gasteiger partial charge in [0.2, 0.25) is 11.0 Å². The maximum Gasteiger partial charge on any atom is 0.243 e. The van der Waals surface area contributed by atoms with Crippen molar-refractivity contribution in [1.82, 2.24) is 10.2 Å². The lowest BCUT2D eigenvalue weighted by molar-refractivity contribution is -0.119. The number of carbonyl (C=O) groups is 1. The first-order valence-corrected chi connectivity index (χ1v) is 8.11. The average Bonchev–Trinajstić information content (AvgIpc) is 2.86. The number of nitrogens with zero attached hydrogens (tertiary/aromatic N) is 2. The van der Waals surface area contributed by atoms with Gasteiger partial charge in [0.1, 0.15) is 0 Å². The van der Waals surface area contributed by atoms with Gasteiger partial charge in [0.05, 0.1) is 6.04 Å². The monoisotopic (exact) mass is 302 g/mol. The molecule has 1 amide bonds.